The first-order valence-corrected chi connectivity index (χ1v) is 8.64. The first-order valence-electron chi connectivity index (χ1n) is 6.78. The number of hydrogen-bond donors (Lipinski definition) is 0. The Kier molecular flexibility index (Phi) is 6.32. The lowest BCUT2D eigenvalue weighted by atomic mass is 10.1. The van der Waals surface area contributed by atoms with E-state index in [1.807, 2.05) is 36.4 Å². The minimum absolute atomic E-state index is 0.116. The van der Waals surface area contributed by atoms with Gasteiger partial charge in [-0.15, -0.1) is 23.1 Å². The van der Waals surface area contributed by atoms with E-state index >= 15 is 0 Å². The Balaban J connectivity index is 1.81. The molecule has 0 amide bonds. The fourth-order valence-corrected chi connectivity index (χ4v) is 3.28. The van der Waals surface area contributed by atoms with Crippen LogP contribution < -0.4 is 0 Å². The van der Waals surface area contributed by atoms with E-state index in [0.29, 0.717) is 5.01 Å². The number of rotatable bonds is 7. The van der Waals surface area contributed by atoms with Crippen LogP contribution in [0.5, 0.6) is 0 Å². The van der Waals surface area contributed by atoms with E-state index in [1.165, 1.54) is 23.1 Å². The number of carbonyl (C=O) groups is 2. The molecule has 1 aromatic heterocycles. The third kappa shape index (κ3) is 5.20. The maximum absolute atomic E-state index is 12.0. The van der Waals surface area contributed by atoms with E-state index < -0.39 is 24.3 Å². The van der Waals surface area contributed by atoms with Gasteiger partial charge in [-0.3, -0.25) is 9.59 Å². The number of carbonyl (C=O) groups excluding carboxylic acids is 2. The zero-order chi connectivity index (χ0) is 16.7. The van der Waals surface area contributed by atoms with Crippen LogP contribution in [0.25, 0.3) is 0 Å². The summed E-state index contributed by atoms with van der Waals surface area (Å²) in [5.41, 5.74) is 0.759. The molecule has 118 valence electrons. The Bertz CT molecular complexity index is 722. The van der Waals surface area contributed by atoms with Crippen molar-refractivity contribution in [2.24, 2.45) is 0 Å². The molecule has 0 saturated heterocycles. The fourth-order valence-electron chi connectivity index (χ4n) is 1.71. The van der Waals surface area contributed by atoms with Crippen LogP contribution in [0.1, 0.15) is 16.6 Å². The molecule has 0 aliphatic carbocycles. The first kappa shape index (κ1) is 17.2. The average molecular weight is 346 g/mol. The van der Waals surface area contributed by atoms with E-state index in [9.17, 15) is 9.59 Å². The number of aryl methyl sites for hydroxylation is 1. The molecule has 0 radical (unpaired) electrons. The Morgan fingerprint density at radius 3 is 2.74 bits per heavy atom. The molecule has 2 aromatic rings. The largest absolute Gasteiger partial charge is 0.457 e. The molecule has 1 heterocycles. The maximum atomic E-state index is 12.0. The van der Waals surface area contributed by atoms with Gasteiger partial charge in [0.15, 0.2) is 18.3 Å². The zero-order valence-corrected chi connectivity index (χ0v) is 14.0. The number of hydrogen-bond acceptors (Lipinski definition) is 7. The highest BCUT2D eigenvalue weighted by Gasteiger charge is 2.24. The number of thioether (sulfide) groups is 1. The lowest BCUT2D eigenvalue weighted by Crippen LogP contribution is -2.20. The van der Waals surface area contributed by atoms with Gasteiger partial charge in [-0.25, -0.2) is 4.98 Å². The molecule has 0 aliphatic heterocycles. The third-order valence-electron chi connectivity index (χ3n) is 2.81. The van der Waals surface area contributed by atoms with Crippen molar-refractivity contribution in [1.82, 2.24) is 4.98 Å². The number of aromatic nitrogens is 1. The van der Waals surface area contributed by atoms with Crippen LogP contribution in [-0.4, -0.2) is 29.1 Å². The SMILES string of the molecule is Cc1csc([C@H](C#N)C(=O)COC(=O)CSc2ccccc2)n1. The van der Waals surface area contributed by atoms with Crippen LogP contribution in [0, 0.1) is 18.3 Å². The number of Topliss-reactive ketones (excluding diaryl/α,β-unsaturated/α-hetero) is 1. The van der Waals surface area contributed by atoms with Crippen LogP contribution in [0.2, 0.25) is 0 Å². The molecule has 5 nitrogen and oxygen atoms in total. The minimum Gasteiger partial charge on any atom is -0.457 e. The van der Waals surface area contributed by atoms with Crippen LogP contribution in [0.15, 0.2) is 40.6 Å². The second-order valence-electron chi connectivity index (χ2n) is 4.62. The molecule has 0 N–H and O–H groups in total. The van der Waals surface area contributed by atoms with Crippen molar-refractivity contribution < 1.29 is 14.3 Å². The number of ketones is 1. The summed E-state index contributed by atoms with van der Waals surface area (Å²) >= 11 is 2.59. The van der Waals surface area contributed by atoms with Gasteiger partial charge in [-0.05, 0) is 19.1 Å². The van der Waals surface area contributed by atoms with Gasteiger partial charge in [0.25, 0.3) is 0 Å². The predicted molar refractivity (Wildman–Crippen MR) is 88.3 cm³/mol. The van der Waals surface area contributed by atoms with Gasteiger partial charge < -0.3 is 4.74 Å². The number of nitrogens with zero attached hydrogens (tertiary/aromatic N) is 2. The highest BCUT2D eigenvalue weighted by molar-refractivity contribution is 8.00. The van der Waals surface area contributed by atoms with E-state index in [0.717, 1.165) is 10.6 Å². The minimum atomic E-state index is -0.983. The van der Waals surface area contributed by atoms with Crippen LogP contribution in [0.3, 0.4) is 0 Å². The summed E-state index contributed by atoms with van der Waals surface area (Å²) in [7, 11) is 0. The monoisotopic (exact) mass is 346 g/mol. The molecule has 0 aliphatic rings. The van der Waals surface area contributed by atoms with Crippen molar-refractivity contribution in [3.05, 3.63) is 46.4 Å². The standard InChI is InChI=1S/C16H14N2O3S2/c1-11-9-23-16(18-11)13(7-17)14(19)8-21-15(20)10-22-12-5-3-2-4-6-12/h2-6,9,13H,8,10H2,1H3/t13-/m1/s1. The quantitative estimate of drug-likeness (QED) is 0.566. The number of ether oxygens (including phenoxy) is 1. The fraction of sp³-hybridized carbons (Fsp3) is 0.250. The summed E-state index contributed by atoms with van der Waals surface area (Å²) in [5.74, 6) is -1.81. The highest BCUT2D eigenvalue weighted by Crippen LogP contribution is 2.21. The zero-order valence-electron chi connectivity index (χ0n) is 12.4. The molecule has 7 heteroatoms. The summed E-state index contributed by atoms with van der Waals surface area (Å²) in [5, 5.41) is 11.3. The summed E-state index contributed by atoms with van der Waals surface area (Å²) in [4.78, 5) is 28.8. The second kappa shape index (κ2) is 8.46. The molecule has 0 bridgehead atoms. The normalized spacial score (nSPS) is 11.5. The molecule has 0 fully saturated rings. The molecule has 0 saturated carbocycles. The molecule has 23 heavy (non-hydrogen) atoms. The Morgan fingerprint density at radius 2 is 2.13 bits per heavy atom. The maximum Gasteiger partial charge on any atom is 0.316 e. The van der Waals surface area contributed by atoms with E-state index in [4.69, 9.17) is 10.00 Å². The van der Waals surface area contributed by atoms with Crippen molar-refractivity contribution in [1.29, 1.82) is 5.26 Å². The molecular weight excluding hydrogens is 332 g/mol. The predicted octanol–water partition coefficient (Wildman–Crippen LogP) is 2.96. The Labute approximate surface area is 142 Å². The van der Waals surface area contributed by atoms with E-state index in [-0.39, 0.29) is 5.75 Å². The van der Waals surface area contributed by atoms with Gasteiger partial charge in [0, 0.05) is 16.0 Å². The topological polar surface area (TPSA) is 80.0 Å². The molecule has 1 atom stereocenters. The van der Waals surface area contributed by atoms with Crippen molar-refractivity contribution in [2.45, 2.75) is 17.7 Å². The number of benzene rings is 1. The summed E-state index contributed by atoms with van der Waals surface area (Å²) in [6, 6.07) is 11.3. The highest BCUT2D eigenvalue weighted by atomic mass is 32.2. The lowest BCUT2D eigenvalue weighted by molar-refractivity contribution is -0.145. The molecule has 1 aromatic carbocycles. The second-order valence-corrected chi connectivity index (χ2v) is 6.56. The number of thiazole rings is 1. The molecular formula is C16H14N2O3S2. The third-order valence-corrected chi connectivity index (χ3v) is 4.82. The van der Waals surface area contributed by atoms with Crippen molar-refractivity contribution in [3.63, 3.8) is 0 Å². The smallest absolute Gasteiger partial charge is 0.316 e. The van der Waals surface area contributed by atoms with Crippen LogP contribution >= 0.6 is 23.1 Å². The van der Waals surface area contributed by atoms with E-state index in [1.54, 1.807) is 12.3 Å². The van der Waals surface area contributed by atoms with E-state index in [2.05, 4.69) is 4.98 Å². The van der Waals surface area contributed by atoms with Gasteiger partial charge in [-0.2, -0.15) is 5.26 Å². The van der Waals surface area contributed by atoms with Crippen molar-refractivity contribution in [3.8, 4) is 6.07 Å². The van der Waals surface area contributed by atoms with Gasteiger partial charge in [-0.1, -0.05) is 18.2 Å². The lowest BCUT2D eigenvalue weighted by Gasteiger charge is -2.07. The molecule has 0 unspecified atom stereocenters. The average Bonchev–Trinajstić information content (AvgIpc) is 2.98. The van der Waals surface area contributed by atoms with Crippen molar-refractivity contribution in [2.75, 3.05) is 12.4 Å². The summed E-state index contributed by atoms with van der Waals surface area (Å²) in [6.07, 6.45) is 0. The number of nitriles is 1. The van der Waals surface area contributed by atoms with Crippen LogP contribution in [-0.2, 0) is 14.3 Å². The molecule has 0 spiro atoms. The van der Waals surface area contributed by atoms with Crippen molar-refractivity contribution >= 4 is 34.9 Å². The summed E-state index contributed by atoms with van der Waals surface area (Å²) in [6.45, 7) is 1.38. The van der Waals surface area contributed by atoms with Gasteiger partial charge in [0.2, 0.25) is 0 Å². The van der Waals surface area contributed by atoms with Gasteiger partial charge in [0.1, 0.15) is 5.01 Å². The van der Waals surface area contributed by atoms with Gasteiger partial charge in [0.05, 0.1) is 11.8 Å². The Hall–Kier alpha value is -2.17. The van der Waals surface area contributed by atoms with Gasteiger partial charge >= 0.3 is 5.97 Å². The van der Waals surface area contributed by atoms with Crippen LogP contribution in [0.4, 0.5) is 0 Å². The molecule has 2 rings (SSSR count). The number of esters is 1. The Morgan fingerprint density at radius 1 is 1.39 bits per heavy atom. The summed E-state index contributed by atoms with van der Waals surface area (Å²) < 4.78 is 4.95. The first-order chi connectivity index (χ1) is 11.1.